The van der Waals surface area contributed by atoms with Gasteiger partial charge in [-0.05, 0) is 30.7 Å². The molecule has 0 saturated carbocycles. The van der Waals surface area contributed by atoms with Gasteiger partial charge in [-0.25, -0.2) is 0 Å². The van der Waals surface area contributed by atoms with Crippen LogP contribution in [0.2, 0.25) is 5.02 Å². The summed E-state index contributed by atoms with van der Waals surface area (Å²) in [5.74, 6) is 0.0945. The summed E-state index contributed by atoms with van der Waals surface area (Å²) in [7, 11) is 0. The van der Waals surface area contributed by atoms with Gasteiger partial charge >= 0.3 is 0 Å². The minimum Gasteiger partial charge on any atom is -0.451 e. The lowest BCUT2D eigenvalue weighted by molar-refractivity contribution is 0.101. The molecule has 0 amide bonds. The van der Waals surface area contributed by atoms with E-state index in [-0.39, 0.29) is 11.5 Å². The van der Waals surface area contributed by atoms with E-state index >= 15 is 0 Å². The monoisotopic (exact) mass is 271 g/mol. The predicted octanol–water partition coefficient (Wildman–Crippen LogP) is 4.02. The molecule has 0 aliphatic heterocycles. The maximum Gasteiger partial charge on any atom is 0.230 e. The number of aromatic nitrogens is 1. The number of furan rings is 1. The van der Waals surface area contributed by atoms with Crippen LogP contribution in [0.4, 0.5) is 0 Å². The van der Waals surface area contributed by atoms with E-state index < -0.39 is 0 Å². The number of aryl methyl sites for hydroxylation is 1. The maximum atomic E-state index is 12.4. The number of rotatable bonds is 2. The molecule has 0 radical (unpaired) electrons. The summed E-state index contributed by atoms with van der Waals surface area (Å²) < 4.78 is 5.56. The lowest BCUT2D eigenvalue weighted by Gasteiger charge is -2.00. The first-order chi connectivity index (χ1) is 9.16. The number of pyridine rings is 1. The van der Waals surface area contributed by atoms with Gasteiger partial charge in [0.15, 0.2) is 11.3 Å². The average Bonchev–Trinajstić information content (AvgIpc) is 2.84. The molecule has 0 aliphatic carbocycles. The minimum absolute atomic E-state index is 0.183. The van der Waals surface area contributed by atoms with Crippen molar-refractivity contribution in [3.8, 4) is 0 Å². The second kappa shape index (κ2) is 4.52. The number of ketones is 1. The van der Waals surface area contributed by atoms with E-state index in [0.29, 0.717) is 16.2 Å². The Morgan fingerprint density at radius 3 is 2.89 bits per heavy atom. The molecule has 3 rings (SSSR count). The Morgan fingerprint density at radius 1 is 1.32 bits per heavy atom. The van der Waals surface area contributed by atoms with Gasteiger partial charge in [0.25, 0.3) is 0 Å². The van der Waals surface area contributed by atoms with Crippen LogP contribution in [-0.2, 0) is 0 Å². The van der Waals surface area contributed by atoms with Crippen molar-refractivity contribution in [3.63, 3.8) is 0 Å². The van der Waals surface area contributed by atoms with Crippen molar-refractivity contribution in [1.82, 2.24) is 4.98 Å². The van der Waals surface area contributed by atoms with E-state index in [1.54, 1.807) is 30.6 Å². The van der Waals surface area contributed by atoms with Crippen LogP contribution in [0, 0.1) is 6.92 Å². The van der Waals surface area contributed by atoms with Crippen LogP contribution in [0.5, 0.6) is 0 Å². The second-order valence-electron chi connectivity index (χ2n) is 4.29. The van der Waals surface area contributed by atoms with Crippen LogP contribution in [0.3, 0.4) is 0 Å². The summed E-state index contributed by atoms with van der Waals surface area (Å²) >= 11 is 6.03. The van der Waals surface area contributed by atoms with Crippen molar-refractivity contribution >= 4 is 28.4 Å². The number of hydrogen-bond donors (Lipinski definition) is 0. The fourth-order valence-electron chi connectivity index (χ4n) is 1.97. The van der Waals surface area contributed by atoms with E-state index in [9.17, 15) is 4.79 Å². The van der Waals surface area contributed by atoms with Gasteiger partial charge in [0.1, 0.15) is 0 Å². The highest BCUT2D eigenvalue weighted by Crippen LogP contribution is 2.27. The number of nitrogens with zero attached hydrogens (tertiary/aromatic N) is 1. The summed E-state index contributed by atoms with van der Waals surface area (Å²) in [5, 5.41) is 1.32. The molecule has 4 heteroatoms. The molecule has 0 saturated heterocycles. The summed E-state index contributed by atoms with van der Waals surface area (Å²) in [6.07, 6.45) is 3.20. The zero-order valence-electron chi connectivity index (χ0n) is 10.2. The van der Waals surface area contributed by atoms with Gasteiger partial charge in [0, 0.05) is 23.3 Å². The van der Waals surface area contributed by atoms with E-state index in [1.165, 1.54) is 0 Å². The van der Waals surface area contributed by atoms with Gasteiger partial charge in [0.2, 0.25) is 5.78 Å². The van der Waals surface area contributed by atoms with Crippen LogP contribution in [-0.4, -0.2) is 10.8 Å². The third-order valence-electron chi connectivity index (χ3n) is 3.00. The quantitative estimate of drug-likeness (QED) is 0.661. The van der Waals surface area contributed by atoms with E-state index in [2.05, 4.69) is 4.98 Å². The van der Waals surface area contributed by atoms with Crippen LogP contribution in [0.25, 0.3) is 11.0 Å². The van der Waals surface area contributed by atoms with Gasteiger partial charge < -0.3 is 4.42 Å². The van der Waals surface area contributed by atoms with Gasteiger partial charge in [-0.3, -0.25) is 9.78 Å². The third-order valence-corrected chi connectivity index (χ3v) is 3.30. The first kappa shape index (κ1) is 11.9. The SMILES string of the molecule is Cc1ccncc1C(=O)c1cc2cccc(Cl)c2o1. The molecule has 1 aromatic carbocycles. The van der Waals surface area contributed by atoms with Crippen molar-refractivity contribution in [3.05, 3.63) is 64.6 Å². The summed E-state index contributed by atoms with van der Waals surface area (Å²) in [5.41, 5.74) is 1.94. The zero-order valence-corrected chi connectivity index (χ0v) is 10.9. The van der Waals surface area contributed by atoms with E-state index in [4.69, 9.17) is 16.0 Å². The highest BCUT2D eigenvalue weighted by Gasteiger charge is 2.17. The van der Waals surface area contributed by atoms with E-state index in [0.717, 1.165) is 10.9 Å². The van der Waals surface area contributed by atoms with Gasteiger partial charge in [-0.1, -0.05) is 23.7 Å². The summed E-state index contributed by atoms with van der Waals surface area (Å²) in [6.45, 7) is 1.87. The molecule has 0 fully saturated rings. The standard InChI is InChI=1S/C15H10ClNO2/c1-9-5-6-17-8-11(9)14(18)13-7-10-3-2-4-12(16)15(10)19-13/h2-8H,1H3. The molecule has 0 bridgehead atoms. The van der Waals surface area contributed by atoms with Crippen molar-refractivity contribution in [2.24, 2.45) is 0 Å². The molecule has 2 heterocycles. The highest BCUT2D eigenvalue weighted by atomic mass is 35.5. The second-order valence-corrected chi connectivity index (χ2v) is 4.70. The van der Waals surface area contributed by atoms with Gasteiger partial charge in [-0.2, -0.15) is 0 Å². The van der Waals surface area contributed by atoms with Crippen molar-refractivity contribution in [1.29, 1.82) is 0 Å². The molecule has 0 spiro atoms. The Labute approximate surface area is 114 Å². The largest absolute Gasteiger partial charge is 0.451 e. The molecular weight excluding hydrogens is 262 g/mol. The minimum atomic E-state index is -0.183. The number of para-hydroxylation sites is 1. The lowest BCUT2D eigenvalue weighted by Crippen LogP contribution is -2.02. The number of carbonyl (C=O) groups excluding carboxylic acids is 1. The molecule has 19 heavy (non-hydrogen) atoms. The van der Waals surface area contributed by atoms with Crippen molar-refractivity contribution in [2.45, 2.75) is 6.92 Å². The number of halogens is 1. The molecular formula is C15H10ClNO2. The molecule has 0 unspecified atom stereocenters. The highest BCUT2D eigenvalue weighted by molar-refractivity contribution is 6.35. The molecule has 0 aliphatic rings. The van der Waals surface area contributed by atoms with Crippen LogP contribution >= 0.6 is 11.6 Å². The predicted molar refractivity (Wildman–Crippen MR) is 73.6 cm³/mol. The molecule has 2 aromatic heterocycles. The molecule has 0 N–H and O–H groups in total. The fraction of sp³-hybridized carbons (Fsp3) is 0.0667. The number of fused-ring (bicyclic) bond motifs is 1. The molecule has 3 aromatic rings. The first-order valence-corrected chi connectivity index (χ1v) is 6.18. The zero-order chi connectivity index (χ0) is 13.4. The number of hydrogen-bond acceptors (Lipinski definition) is 3. The fourth-order valence-corrected chi connectivity index (χ4v) is 2.19. The average molecular weight is 272 g/mol. The lowest BCUT2D eigenvalue weighted by atomic mass is 10.1. The first-order valence-electron chi connectivity index (χ1n) is 5.80. The number of benzene rings is 1. The third kappa shape index (κ3) is 2.02. The van der Waals surface area contributed by atoms with Crippen LogP contribution < -0.4 is 0 Å². The molecule has 94 valence electrons. The Kier molecular flexibility index (Phi) is 2.84. The Balaban J connectivity index is 2.12. The van der Waals surface area contributed by atoms with Crippen molar-refractivity contribution in [2.75, 3.05) is 0 Å². The Bertz CT molecular complexity index is 777. The van der Waals surface area contributed by atoms with Gasteiger partial charge in [-0.15, -0.1) is 0 Å². The van der Waals surface area contributed by atoms with E-state index in [1.807, 2.05) is 19.1 Å². The molecule has 3 nitrogen and oxygen atoms in total. The van der Waals surface area contributed by atoms with Gasteiger partial charge in [0.05, 0.1) is 5.02 Å². The summed E-state index contributed by atoms with van der Waals surface area (Å²) in [6, 6.07) is 8.91. The normalized spacial score (nSPS) is 10.8. The van der Waals surface area contributed by atoms with Crippen LogP contribution in [0.15, 0.2) is 47.1 Å². The van der Waals surface area contributed by atoms with Crippen molar-refractivity contribution < 1.29 is 9.21 Å². The summed E-state index contributed by atoms with van der Waals surface area (Å²) in [4.78, 5) is 16.3. The number of carbonyl (C=O) groups is 1. The molecule has 0 atom stereocenters. The maximum absolute atomic E-state index is 12.4. The van der Waals surface area contributed by atoms with Crippen LogP contribution in [0.1, 0.15) is 21.7 Å². The Hall–Kier alpha value is -2.13. The topological polar surface area (TPSA) is 43.1 Å². The smallest absolute Gasteiger partial charge is 0.230 e. The Morgan fingerprint density at radius 2 is 2.16 bits per heavy atom.